The molecule has 0 amide bonds. The molecular weight excluding hydrogens is 274 g/mol. The van der Waals surface area contributed by atoms with Crippen molar-refractivity contribution in [3.8, 4) is 17.2 Å². The van der Waals surface area contributed by atoms with Gasteiger partial charge in [0.15, 0.2) is 11.5 Å². The number of aryl methyl sites for hydroxylation is 1. The van der Waals surface area contributed by atoms with Gasteiger partial charge in [0.2, 0.25) is 0 Å². The van der Waals surface area contributed by atoms with Crippen LogP contribution in [-0.2, 0) is 6.61 Å². The molecule has 0 aliphatic carbocycles. The maximum absolute atomic E-state index is 11.2. The molecule has 2 rings (SSSR count). The molecule has 0 saturated carbocycles. The van der Waals surface area contributed by atoms with Crippen molar-refractivity contribution in [1.29, 1.82) is 0 Å². The predicted molar refractivity (Wildman–Crippen MR) is 74.9 cm³/mol. The smallest absolute Gasteiger partial charge is 0.341 e. The molecule has 1 aromatic carbocycles. The second-order valence-electron chi connectivity index (χ2n) is 4.37. The van der Waals surface area contributed by atoms with Gasteiger partial charge in [-0.25, -0.2) is 4.79 Å². The Kier molecular flexibility index (Phi) is 4.39. The molecule has 0 fully saturated rings. The Labute approximate surface area is 121 Å². The summed E-state index contributed by atoms with van der Waals surface area (Å²) in [7, 11) is 1.47. The molecule has 0 spiro atoms. The number of aromatic nitrogens is 1. The molecule has 0 saturated heterocycles. The molecule has 0 aliphatic heterocycles. The Balaban J connectivity index is 2.42. The monoisotopic (exact) mass is 289 g/mol. The van der Waals surface area contributed by atoms with E-state index in [-0.39, 0.29) is 17.9 Å². The summed E-state index contributed by atoms with van der Waals surface area (Å²) in [6, 6.07) is 6.46. The van der Waals surface area contributed by atoms with Gasteiger partial charge in [-0.3, -0.25) is 4.98 Å². The third-order valence-corrected chi connectivity index (χ3v) is 2.86. The quantitative estimate of drug-likeness (QED) is 0.878. The van der Waals surface area contributed by atoms with Crippen LogP contribution in [0.25, 0.3) is 0 Å². The number of ether oxygens (including phenoxy) is 2. The molecule has 0 unspecified atom stereocenters. The molecule has 0 radical (unpaired) electrons. The van der Waals surface area contributed by atoms with Gasteiger partial charge in [0.25, 0.3) is 0 Å². The number of nitrogens with zero attached hydrogens (tertiary/aromatic N) is 1. The molecule has 0 bridgehead atoms. The van der Waals surface area contributed by atoms with Gasteiger partial charge in [0.1, 0.15) is 11.3 Å². The summed E-state index contributed by atoms with van der Waals surface area (Å²) in [4.78, 5) is 15.1. The van der Waals surface area contributed by atoms with E-state index in [1.54, 1.807) is 31.2 Å². The van der Waals surface area contributed by atoms with Crippen molar-refractivity contribution in [2.45, 2.75) is 13.5 Å². The van der Waals surface area contributed by atoms with Gasteiger partial charge in [0.05, 0.1) is 13.7 Å². The molecule has 0 atom stereocenters. The van der Waals surface area contributed by atoms with Crippen LogP contribution in [0.1, 0.15) is 21.6 Å². The maximum Gasteiger partial charge on any atom is 0.341 e. The number of methoxy groups -OCH3 is 1. The van der Waals surface area contributed by atoms with E-state index in [2.05, 4.69) is 4.98 Å². The number of carboxylic acid groups (broad SMARTS) is 1. The van der Waals surface area contributed by atoms with E-state index in [1.807, 2.05) is 0 Å². The van der Waals surface area contributed by atoms with E-state index in [9.17, 15) is 4.79 Å². The second kappa shape index (κ2) is 6.23. The Morgan fingerprint density at radius 2 is 2.00 bits per heavy atom. The van der Waals surface area contributed by atoms with Crippen molar-refractivity contribution in [2.75, 3.05) is 7.11 Å². The fraction of sp³-hybridized carbons (Fsp3) is 0.200. The lowest BCUT2D eigenvalue weighted by Crippen LogP contribution is -2.02. The SMILES string of the molecule is COc1cc(CO)ccc1Oc1cc(C)ncc1C(=O)O. The molecule has 2 aromatic rings. The minimum Gasteiger partial charge on any atom is -0.493 e. The Hall–Kier alpha value is -2.60. The van der Waals surface area contributed by atoms with Crippen LogP contribution in [0.3, 0.4) is 0 Å². The van der Waals surface area contributed by atoms with Crippen molar-refractivity contribution in [3.05, 3.63) is 47.3 Å². The summed E-state index contributed by atoms with van der Waals surface area (Å²) in [6.45, 7) is 1.62. The van der Waals surface area contributed by atoms with Crippen LogP contribution in [0.2, 0.25) is 0 Å². The van der Waals surface area contributed by atoms with Crippen LogP contribution < -0.4 is 9.47 Å². The van der Waals surface area contributed by atoms with E-state index in [1.165, 1.54) is 13.3 Å². The highest BCUT2D eigenvalue weighted by atomic mass is 16.5. The topological polar surface area (TPSA) is 88.9 Å². The molecule has 21 heavy (non-hydrogen) atoms. The Morgan fingerprint density at radius 1 is 1.24 bits per heavy atom. The number of hydrogen-bond donors (Lipinski definition) is 2. The van der Waals surface area contributed by atoms with E-state index in [0.29, 0.717) is 22.8 Å². The van der Waals surface area contributed by atoms with E-state index in [0.717, 1.165) is 0 Å². The molecular formula is C15H15NO5. The fourth-order valence-corrected chi connectivity index (χ4v) is 1.79. The number of hydrogen-bond acceptors (Lipinski definition) is 5. The third kappa shape index (κ3) is 3.29. The van der Waals surface area contributed by atoms with Crippen molar-refractivity contribution >= 4 is 5.97 Å². The number of aliphatic hydroxyl groups excluding tert-OH is 1. The zero-order valence-electron chi connectivity index (χ0n) is 11.7. The van der Waals surface area contributed by atoms with Crippen LogP contribution >= 0.6 is 0 Å². The Bertz CT molecular complexity index is 669. The lowest BCUT2D eigenvalue weighted by molar-refractivity contribution is 0.0693. The number of rotatable bonds is 5. The summed E-state index contributed by atoms with van der Waals surface area (Å²) >= 11 is 0. The highest BCUT2D eigenvalue weighted by molar-refractivity contribution is 5.90. The van der Waals surface area contributed by atoms with E-state index in [4.69, 9.17) is 19.7 Å². The fourth-order valence-electron chi connectivity index (χ4n) is 1.79. The average molecular weight is 289 g/mol. The minimum absolute atomic E-state index is 0.0334. The molecule has 6 heteroatoms. The number of carboxylic acids is 1. The van der Waals surface area contributed by atoms with Crippen LogP contribution in [-0.4, -0.2) is 28.3 Å². The summed E-state index contributed by atoms with van der Waals surface area (Å²) in [5, 5.41) is 18.3. The lowest BCUT2D eigenvalue weighted by Gasteiger charge is -2.13. The van der Waals surface area contributed by atoms with Crippen molar-refractivity contribution in [3.63, 3.8) is 0 Å². The van der Waals surface area contributed by atoms with Gasteiger partial charge < -0.3 is 19.7 Å². The van der Waals surface area contributed by atoms with Crippen molar-refractivity contribution in [2.24, 2.45) is 0 Å². The number of carbonyl (C=O) groups is 1. The molecule has 110 valence electrons. The largest absolute Gasteiger partial charge is 0.493 e. The van der Waals surface area contributed by atoms with Gasteiger partial charge in [-0.2, -0.15) is 0 Å². The lowest BCUT2D eigenvalue weighted by atomic mass is 10.2. The highest BCUT2D eigenvalue weighted by Crippen LogP contribution is 2.34. The maximum atomic E-state index is 11.2. The summed E-state index contributed by atoms with van der Waals surface area (Å²) in [5.41, 5.74) is 1.28. The molecule has 2 N–H and O–H groups in total. The normalized spacial score (nSPS) is 10.2. The average Bonchev–Trinajstić information content (AvgIpc) is 2.47. The van der Waals surface area contributed by atoms with Crippen molar-refractivity contribution < 1.29 is 24.5 Å². The van der Waals surface area contributed by atoms with Gasteiger partial charge in [0, 0.05) is 18.0 Å². The third-order valence-electron chi connectivity index (χ3n) is 2.86. The molecule has 1 aromatic heterocycles. The summed E-state index contributed by atoms with van der Waals surface area (Å²) in [5.74, 6) is -0.163. The van der Waals surface area contributed by atoms with Gasteiger partial charge in [-0.05, 0) is 24.6 Å². The van der Waals surface area contributed by atoms with Crippen LogP contribution in [0, 0.1) is 6.92 Å². The summed E-state index contributed by atoms with van der Waals surface area (Å²) in [6.07, 6.45) is 1.25. The molecule has 1 heterocycles. The molecule has 0 aliphatic rings. The number of aliphatic hydroxyl groups is 1. The Morgan fingerprint density at radius 3 is 2.62 bits per heavy atom. The van der Waals surface area contributed by atoms with Gasteiger partial charge in [-0.15, -0.1) is 0 Å². The predicted octanol–water partition coefficient (Wildman–Crippen LogP) is 2.38. The summed E-state index contributed by atoms with van der Waals surface area (Å²) < 4.78 is 10.8. The number of benzene rings is 1. The van der Waals surface area contributed by atoms with Gasteiger partial charge in [-0.1, -0.05) is 6.07 Å². The first kappa shape index (κ1) is 14.8. The zero-order valence-corrected chi connectivity index (χ0v) is 11.7. The first-order valence-electron chi connectivity index (χ1n) is 6.20. The minimum atomic E-state index is -1.12. The van der Waals surface area contributed by atoms with Crippen LogP contribution in [0.5, 0.6) is 17.2 Å². The van der Waals surface area contributed by atoms with Gasteiger partial charge >= 0.3 is 5.97 Å². The molecule has 6 nitrogen and oxygen atoms in total. The zero-order chi connectivity index (χ0) is 15.4. The van der Waals surface area contributed by atoms with Crippen LogP contribution in [0.15, 0.2) is 30.5 Å². The second-order valence-corrected chi connectivity index (χ2v) is 4.37. The van der Waals surface area contributed by atoms with Crippen LogP contribution in [0.4, 0.5) is 0 Å². The standard InChI is InChI=1S/C15H15NO5/c1-9-5-13(11(7-16-9)15(18)19)21-12-4-3-10(8-17)6-14(12)20-2/h3-7,17H,8H2,1-2H3,(H,18,19). The van der Waals surface area contributed by atoms with E-state index < -0.39 is 5.97 Å². The first-order chi connectivity index (χ1) is 10.0. The highest BCUT2D eigenvalue weighted by Gasteiger charge is 2.15. The first-order valence-corrected chi connectivity index (χ1v) is 6.20. The van der Waals surface area contributed by atoms with E-state index >= 15 is 0 Å². The number of pyridine rings is 1. The van der Waals surface area contributed by atoms with Crippen molar-refractivity contribution in [1.82, 2.24) is 4.98 Å². The number of aromatic carboxylic acids is 1.